The fraction of sp³-hybridized carbons (Fsp3) is 0.357. The third kappa shape index (κ3) is 5.82. The summed E-state index contributed by atoms with van der Waals surface area (Å²) < 4.78 is 13.5. The van der Waals surface area contributed by atoms with E-state index in [9.17, 15) is 4.39 Å². The van der Waals surface area contributed by atoms with Crippen LogP contribution in [0.15, 0.2) is 72.8 Å². The Morgan fingerprint density at radius 3 is 2.16 bits per heavy atom. The second-order valence-corrected chi connectivity index (χ2v) is 9.55. The van der Waals surface area contributed by atoms with E-state index in [4.69, 9.17) is 0 Å². The minimum Gasteiger partial charge on any atom is -0.303 e. The van der Waals surface area contributed by atoms with Gasteiger partial charge in [-0.25, -0.2) is 4.39 Å². The molecule has 0 amide bonds. The van der Waals surface area contributed by atoms with Crippen molar-refractivity contribution in [3.8, 4) is 0 Å². The van der Waals surface area contributed by atoms with Crippen molar-refractivity contribution in [2.24, 2.45) is 0 Å². The SMILES string of the molecule is Cc1ccccc1C1CCN(CCCC(c2ccc(F)cc2)c2ccc(P)cc2)CC1. The molecule has 4 rings (SSSR count). The van der Waals surface area contributed by atoms with E-state index >= 15 is 0 Å². The summed E-state index contributed by atoms with van der Waals surface area (Å²) in [5.74, 6) is 0.852. The maximum atomic E-state index is 13.5. The number of nitrogens with zero attached hydrogens (tertiary/aromatic N) is 1. The van der Waals surface area contributed by atoms with Gasteiger partial charge in [0.2, 0.25) is 0 Å². The molecule has 3 aromatic rings. The van der Waals surface area contributed by atoms with Crippen LogP contribution >= 0.6 is 9.24 Å². The highest BCUT2D eigenvalue weighted by molar-refractivity contribution is 7.27. The van der Waals surface area contributed by atoms with Crippen LogP contribution in [-0.2, 0) is 0 Å². The molecule has 1 fully saturated rings. The monoisotopic (exact) mass is 433 g/mol. The first kappa shape index (κ1) is 22.2. The molecule has 2 atom stereocenters. The van der Waals surface area contributed by atoms with Crippen LogP contribution in [0.3, 0.4) is 0 Å². The molecule has 31 heavy (non-hydrogen) atoms. The van der Waals surface area contributed by atoms with Crippen LogP contribution in [0.2, 0.25) is 0 Å². The van der Waals surface area contributed by atoms with Crippen molar-refractivity contribution in [2.75, 3.05) is 19.6 Å². The third-order valence-electron chi connectivity index (χ3n) is 6.79. The molecule has 0 saturated carbocycles. The summed E-state index contributed by atoms with van der Waals surface area (Å²) in [5, 5.41) is 1.19. The lowest BCUT2D eigenvalue weighted by Crippen LogP contribution is -2.34. The molecule has 162 valence electrons. The highest BCUT2D eigenvalue weighted by Gasteiger charge is 2.22. The minimum atomic E-state index is -0.167. The van der Waals surface area contributed by atoms with E-state index < -0.39 is 0 Å². The van der Waals surface area contributed by atoms with Crippen molar-refractivity contribution in [2.45, 2.75) is 44.4 Å². The van der Waals surface area contributed by atoms with E-state index in [1.54, 1.807) is 12.1 Å². The van der Waals surface area contributed by atoms with E-state index in [1.807, 2.05) is 12.1 Å². The van der Waals surface area contributed by atoms with Gasteiger partial charge in [-0.15, -0.1) is 9.24 Å². The molecule has 0 aliphatic carbocycles. The average Bonchev–Trinajstić information content (AvgIpc) is 2.79. The summed E-state index contributed by atoms with van der Waals surface area (Å²) in [7, 11) is 2.75. The Bertz CT molecular complexity index is 914. The van der Waals surface area contributed by atoms with Gasteiger partial charge in [0, 0.05) is 5.92 Å². The van der Waals surface area contributed by atoms with Crippen molar-refractivity contribution in [1.82, 2.24) is 4.90 Å². The summed E-state index contributed by atoms with van der Waals surface area (Å²) in [6.07, 6.45) is 4.74. The van der Waals surface area contributed by atoms with Crippen molar-refractivity contribution >= 4 is 14.5 Å². The van der Waals surface area contributed by atoms with Crippen LogP contribution in [0.25, 0.3) is 0 Å². The Morgan fingerprint density at radius 1 is 0.903 bits per heavy atom. The van der Waals surface area contributed by atoms with Crippen LogP contribution in [0.1, 0.15) is 59.8 Å². The predicted molar refractivity (Wildman–Crippen MR) is 133 cm³/mol. The summed E-state index contributed by atoms with van der Waals surface area (Å²) >= 11 is 0. The highest BCUT2D eigenvalue weighted by Crippen LogP contribution is 2.32. The number of benzene rings is 3. The van der Waals surface area contributed by atoms with Gasteiger partial charge in [-0.3, -0.25) is 0 Å². The molecular weight excluding hydrogens is 400 g/mol. The Morgan fingerprint density at radius 2 is 1.52 bits per heavy atom. The highest BCUT2D eigenvalue weighted by atomic mass is 31.0. The summed E-state index contributed by atoms with van der Waals surface area (Å²) in [5.41, 5.74) is 5.49. The van der Waals surface area contributed by atoms with E-state index in [0.29, 0.717) is 11.8 Å². The lowest BCUT2D eigenvalue weighted by atomic mass is 9.86. The lowest BCUT2D eigenvalue weighted by Gasteiger charge is -2.33. The first-order valence-corrected chi connectivity index (χ1v) is 12.1. The normalized spacial score (nSPS) is 16.4. The fourth-order valence-corrected chi connectivity index (χ4v) is 5.17. The molecule has 2 unspecified atom stereocenters. The summed E-state index contributed by atoms with van der Waals surface area (Å²) in [4.78, 5) is 2.63. The van der Waals surface area contributed by atoms with Gasteiger partial charge in [0.05, 0.1) is 0 Å². The topological polar surface area (TPSA) is 3.24 Å². The molecule has 0 bridgehead atoms. The van der Waals surface area contributed by atoms with E-state index in [2.05, 4.69) is 69.6 Å². The minimum absolute atomic E-state index is 0.167. The third-order valence-corrected chi connectivity index (χ3v) is 7.18. The number of piperidine rings is 1. The smallest absolute Gasteiger partial charge is 0.123 e. The largest absolute Gasteiger partial charge is 0.303 e. The van der Waals surface area contributed by atoms with Crippen molar-refractivity contribution in [3.05, 3.63) is 101 Å². The second kappa shape index (κ2) is 10.5. The van der Waals surface area contributed by atoms with Gasteiger partial charge in [-0.05, 0) is 97.9 Å². The number of halogens is 1. The molecule has 0 N–H and O–H groups in total. The zero-order valence-electron chi connectivity index (χ0n) is 18.4. The van der Waals surface area contributed by atoms with E-state index in [-0.39, 0.29) is 5.82 Å². The molecule has 3 heteroatoms. The van der Waals surface area contributed by atoms with E-state index in [0.717, 1.165) is 19.4 Å². The Balaban J connectivity index is 1.34. The van der Waals surface area contributed by atoms with Crippen molar-refractivity contribution < 1.29 is 4.39 Å². The number of likely N-dealkylation sites (tertiary alicyclic amines) is 1. The van der Waals surface area contributed by atoms with Crippen LogP contribution in [0.4, 0.5) is 4.39 Å². The molecule has 0 spiro atoms. The maximum absolute atomic E-state index is 13.5. The molecule has 1 aliphatic heterocycles. The van der Waals surface area contributed by atoms with Crippen LogP contribution in [0, 0.1) is 12.7 Å². The molecule has 1 nitrogen and oxygen atoms in total. The van der Waals surface area contributed by atoms with Gasteiger partial charge in [-0.2, -0.15) is 0 Å². The Kier molecular flexibility index (Phi) is 7.54. The first-order chi connectivity index (χ1) is 15.1. The zero-order chi connectivity index (χ0) is 21.6. The average molecular weight is 434 g/mol. The quantitative estimate of drug-likeness (QED) is 0.388. The Hall–Kier alpha value is -2.02. The number of hydrogen-bond acceptors (Lipinski definition) is 1. The number of aryl methyl sites for hydroxylation is 1. The fourth-order valence-electron chi connectivity index (χ4n) is 4.98. The Labute approximate surface area is 188 Å². The van der Waals surface area contributed by atoms with E-state index in [1.165, 1.54) is 53.5 Å². The number of hydrogen-bond donors (Lipinski definition) is 0. The van der Waals surface area contributed by atoms with Gasteiger partial charge >= 0.3 is 0 Å². The van der Waals surface area contributed by atoms with Gasteiger partial charge < -0.3 is 4.90 Å². The zero-order valence-corrected chi connectivity index (χ0v) is 19.6. The summed E-state index contributed by atoms with van der Waals surface area (Å²) in [6, 6.07) is 24.6. The van der Waals surface area contributed by atoms with Gasteiger partial charge in [0.1, 0.15) is 5.82 Å². The standard InChI is InChI=1S/C28H33FNP/c1-21-5-2-3-6-27(21)24-16-19-30(20-17-24)18-4-7-28(22-8-12-25(29)13-9-22)23-10-14-26(31)15-11-23/h2-3,5-6,8-15,24,28H,4,7,16-20,31H2,1H3. The second-order valence-electron chi connectivity index (χ2n) is 8.89. The number of rotatable bonds is 7. The van der Waals surface area contributed by atoms with Gasteiger partial charge in [0.25, 0.3) is 0 Å². The molecule has 0 radical (unpaired) electrons. The maximum Gasteiger partial charge on any atom is 0.123 e. The summed E-state index contributed by atoms with van der Waals surface area (Å²) in [6.45, 7) is 5.74. The molecule has 0 aromatic heterocycles. The predicted octanol–water partition coefficient (Wildman–Crippen LogP) is 6.43. The van der Waals surface area contributed by atoms with Crippen LogP contribution < -0.4 is 5.30 Å². The van der Waals surface area contributed by atoms with Crippen LogP contribution in [0.5, 0.6) is 0 Å². The molecule has 1 heterocycles. The van der Waals surface area contributed by atoms with Gasteiger partial charge in [-0.1, -0.05) is 60.7 Å². The van der Waals surface area contributed by atoms with Gasteiger partial charge in [0.15, 0.2) is 0 Å². The molecule has 3 aromatic carbocycles. The van der Waals surface area contributed by atoms with Crippen molar-refractivity contribution in [1.29, 1.82) is 0 Å². The van der Waals surface area contributed by atoms with Crippen LogP contribution in [-0.4, -0.2) is 24.5 Å². The molecule has 1 saturated heterocycles. The lowest BCUT2D eigenvalue weighted by molar-refractivity contribution is 0.208. The first-order valence-electron chi connectivity index (χ1n) is 11.5. The molecule has 1 aliphatic rings. The van der Waals surface area contributed by atoms with Crippen molar-refractivity contribution in [3.63, 3.8) is 0 Å². The molecular formula is C28H33FNP.